The van der Waals surface area contributed by atoms with Crippen molar-refractivity contribution in [3.05, 3.63) is 52.8 Å². The molecule has 1 unspecified atom stereocenters. The molecule has 3 aliphatic rings. The number of ether oxygens (including phenoxy) is 2. The molecule has 1 aliphatic carbocycles. The molecule has 0 radical (unpaired) electrons. The van der Waals surface area contributed by atoms with E-state index in [1.807, 2.05) is 31.2 Å². The van der Waals surface area contributed by atoms with Gasteiger partial charge in [0.2, 0.25) is 5.89 Å². The molecule has 1 N–H and O–H groups in total. The van der Waals surface area contributed by atoms with Crippen molar-refractivity contribution in [1.82, 2.24) is 20.4 Å². The Bertz CT molecular complexity index is 993. The van der Waals surface area contributed by atoms with Gasteiger partial charge in [-0.15, -0.1) is 0 Å². The van der Waals surface area contributed by atoms with Gasteiger partial charge in [-0.25, -0.2) is 9.59 Å². The van der Waals surface area contributed by atoms with E-state index in [0.29, 0.717) is 35.5 Å². The molecule has 5 rings (SSSR count). The maximum absolute atomic E-state index is 12.9. The van der Waals surface area contributed by atoms with Gasteiger partial charge in [-0.1, -0.05) is 17.3 Å². The van der Waals surface area contributed by atoms with Gasteiger partial charge < -0.3 is 19.3 Å². The molecule has 9 heteroatoms. The van der Waals surface area contributed by atoms with Crippen molar-refractivity contribution in [1.29, 1.82) is 0 Å². The van der Waals surface area contributed by atoms with Crippen molar-refractivity contribution >= 4 is 12.0 Å². The first-order valence-electron chi connectivity index (χ1n) is 9.67. The molecule has 0 bridgehead atoms. The molecule has 9 nitrogen and oxygen atoms in total. The second-order valence-corrected chi connectivity index (χ2v) is 7.23. The summed E-state index contributed by atoms with van der Waals surface area (Å²) >= 11 is 0. The molecule has 1 fully saturated rings. The van der Waals surface area contributed by atoms with Crippen molar-refractivity contribution in [2.24, 2.45) is 0 Å². The molecule has 2 aromatic rings. The van der Waals surface area contributed by atoms with E-state index in [9.17, 15) is 9.59 Å². The van der Waals surface area contributed by atoms with Gasteiger partial charge in [-0.3, -0.25) is 4.90 Å². The molecule has 1 aromatic heterocycles. The number of nitrogens with zero attached hydrogens (tertiary/aromatic N) is 3. The first-order valence-corrected chi connectivity index (χ1v) is 9.67. The fourth-order valence-corrected chi connectivity index (χ4v) is 3.63. The topological polar surface area (TPSA) is 107 Å². The van der Waals surface area contributed by atoms with E-state index in [0.717, 1.165) is 24.2 Å². The second-order valence-electron chi connectivity index (χ2n) is 7.23. The van der Waals surface area contributed by atoms with Gasteiger partial charge in [-0.05, 0) is 37.5 Å². The highest BCUT2D eigenvalue weighted by molar-refractivity contribution is 5.97. The average molecular weight is 396 g/mol. The zero-order valence-electron chi connectivity index (χ0n) is 15.9. The van der Waals surface area contributed by atoms with Crippen LogP contribution in [0.3, 0.4) is 0 Å². The molecular weight excluding hydrogens is 376 g/mol. The quantitative estimate of drug-likeness (QED) is 0.747. The monoisotopic (exact) mass is 396 g/mol. The minimum Gasteiger partial charge on any atom is -0.494 e. The van der Waals surface area contributed by atoms with Crippen LogP contribution in [-0.2, 0) is 16.1 Å². The minimum atomic E-state index is -0.580. The summed E-state index contributed by atoms with van der Waals surface area (Å²) in [6.45, 7) is 2.61. The van der Waals surface area contributed by atoms with Crippen LogP contribution in [-0.4, -0.2) is 40.3 Å². The Labute approximate surface area is 166 Å². The number of esters is 1. The van der Waals surface area contributed by atoms with E-state index in [4.69, 9.17) is 14.0 Å². The van der Waals surface area contributed by atoms with Crippen LogP contribution in [0.25, 0.3) is 0 Å². The second kappa shape index (κ2) is 6.91. The summed E-state index contributed by atoms with van der Waals surface area (Å²) in [7, 11) is 0. The third kappa shape index (κ3) is 3.22. The summed E-state index contributed by atoms with van der Waals surface area (Å²) in [4.78, 5) is 31.1. The fraction of sp³-hybridized carbons (Fsp3) is 0.400. The van der Waals surface area contributed by atoms with Gasteiger partial charge in [0.15, 0.2) is 5.82 Å². The molecule has 1 atom stereocenters. The number of nitrogens with one attached hydrogen (secondary N) is 1. The van der Waals surface area contributed by atoms with E-state index in [2.05, 4.69) is 15.5 Å². The minimum absolute atomic E-state index is 0.0404. The normalized spacial score (nSPS) is 21.1. The van der Waals surface area contributed by atoms with Crippen LogP contribution >= 0.6 is 0 Å². The van der Waals surface area contributed by atoms with E-state index in [1.165, 1.54) is 4.90 Å². The van der Waals surface area contributed by atoms with Crippen LogP contribution < -0.4 is 10.1 Å². The lowest BCUT2D eigenvalue weighted by Crippen LogP contribution is -2.46. The number of benzene rings is 1. The number of cyclic esters (lactones) is 1. The molecule has 29 heavy (non-hydrogen) atoms. The number of rotatable bonds is 6. The average Bonchev–Trinajstić information content (AvgIpc) is 3.35. The highest BCUT2D eigenvalue weighted by Gasteiger charge is 2.42. The predicted octanol–water partition coefficient (Wildman–Crippen LogP) is 2.42. The smallest absolute Gasteiger partial charge is 0.338 e. The number of carbonyl (C=O) groups is 2. The van der Waals surface area contributed by atoms with Crippen LogP contribution in [0.2, 0.25) is 0 Å². The first kappa shape index (κ1) is 17.7. The van der Waals surface area contributed by atoms with Gasteiger partial charge in [0.05, 0.1) is 23.9 Å². The summed E-state index contributed by atoms with van der Waals surface area (Å²) < 4.78 is 16.0. The maximum Gasteiger partial charge on any atom is 0.338 e. The van der Waals surface area contributed by atoms with Gasteiger partial charge in [0.25, 0.3) is 0 Å². The lowest BCUT2D eigenvalue weighted by molar-refractivity contribution is -0.136. The Morgan fingerprint density at radius 2 is 2.03 bits per heavy atom. The number of hydrogen-bond acceptors (Lipinski definition) is 7. The standard InChI is InChI=1S/C20H20N4O5/c1-2-27-13-7-5-11(6-8-13)17-16-14(10-28-19(16)25)24(20(26)22-17)9-15-21-18(23-29-15)12-3-4-12/h5-8,12,17H,2-4,9-10H2,1H3,(H,22,26). The van der Waals surface area contributed by atoms with E-state index in [-0.39, 0.29) is 19.2 Å². The molecule has 1 aromatic carbocycles. The molecule has 0 saturated heterocycles. The summed E-state index contributed by atoms with van der Waals surface area (Å²) in [5.74, 6) is 1.67. The molecule has 2 aliphatic heterocycles. The van der Waals surface area contributed by atoms with E-state index < -0.39 is 12.0 Å². The molecule has 3 heterocycles. The summed E-state index contributed by atoms with van der Waals surface area (Å²) in [6.07, 6.45) is 2.12. The van der Waals surface area contributed by atoms with E-state index in [1.54, 1.807) is 0 Å². The zero-order chi connectivity index (χ0) is 20.0. The predicted molar refractivity (Wildman–Crippen MR) is 98.7 cm³/mol. The number of carbonyl (C=O) groups excluding carboxylic acids is 2. The molecule has 2 amide bonds. The van der Waals surface area contributed by atoms with E-state index >= 15 is 0 Å². The highest BCUT2D eigenvalue weighted by Crippen LogP contribution is 2.39. The lowest BCUT2D eigenvalue weighted by atomic mass is 9.95. The summed E-state index contributed by atoms with van der Waals surface area (Å²) in [6, 6.07) is 6.38. The van der Waals surface area contributed by atoms with Crippen LogP contribution in [0.5, 0.6) is 5.75 Å². The SMILES string of the molecule is CCOc1ccc(C2NC(=O)N(Cc3nc(C4CC4)no3)C3=C2C(=O)OC3)cc1. The third-order valence-electron chi connectivity index (χ3n) is 5.24. The number of urea groups is 1. The van der Waals surface area contributed by atoms with Crippen LogP contribution in [0, 0.1) is 0 Å². The van der Waals surface area contributed by atoms with Gasteiger partial charge >= 0.3 is 12.0 Å². The Hall–Kier alpha value is -3.36. The molecule has 1 saturated carbocycles. The Balaban J connectivity index is 1.43. The van der Waals surface area contributed by atoms with Gasteiger partial charge in [0.1, 0.15) is 18.9 Å². The van der Waals surface area contributed by atoms with Gasteiger partial charge in [-0.2, -0.15) is 4.98 Å². The summed E-state index contributed by atoms with van der Waals surface area (Å²) in [5, 5.41) is 6.88. The molecule has 0 spiro atoms. The number of aromatic nitrogens is 2. The zero-order valence-corrected chi connectivity index (χ0v) is 15.9. The van der Waals surface area contributed by atoms with Crippen molar-refractivity contribution < 1.29 is 23.6 Å². The molecular formula is C20H20N4O5. The van der Waals surface area contributed by atoms with Crippen molar-refractivity contribution in [2.45, 2.75) is 38.3 Å². The van der Waals surface area contributed by atoms with Crippen LogP contribution in [0.15, 0.2) is 40.1 Å². The first-order chi connectivity index (χ1) is 14.1. The maximum atomic E-state index is 12.9. The number of hydrogen-bond donors (Lipinski definition) is 1. The van der Waals surface area contributed by atoms with Crippen molar-refractivity contribution in [2.75, 3.05) is 13.2 Å². The number of amides is 2. The van der Waals surface area contributed by atoms with Crippen molar-refractivity contribution in [3.63, 3.8) is 0 Å². The Kier molecular flexibility index (Phi) is 4.22. The molecule has 150 valence electrons. The lowest BCUT2D eigenvalue weighted by Gasteiger charge is -2.32. The van der Waals surface area contributed by atoms with Crippen LogP contribution in [0.1, 0.15) is 49.0 Å². The highest BCUT2D eigenvalue weighted by atomic mass is 16.5. The Morgan fingerprint density at radius 1 is 1.24 bits per heavy atom. The largest absolute Gasteiger partial charge is 0.494 e. The third-order valence-corrected chi connectivity index (χ3v) is 5.24. The Morgan fingerprint density at radius 3 is 2.76 bits per heavy atom. The van der Waals surface area contributed by atoms with Crippen molar-refractivity contribution in [3.8, 4) is 5.75 Å². The summed E-state index contributed by atoms with van der Waals surface area (Å²) in [5.41, 5.74) is 1.74. The van der Waals surface area contributed by atoms with Crippen LogP contribution in [0.4, 0.5) is 4.79 Å². The fourth-order valence-electron chi connectivity index (χ4n) is 3.63. The van der Waals surface area contributed by atoms with Gasteiger partial charge in [0, 0.05) is 5.92 Å².